The number of halogens is 2. The van der Waals surface area contributed by atoms with Crippen LogP contribution in [0.25, 0.3) is 6.08 Å². The second-order valence-corrected chi connectivity index (χ2v) is 8.47. The minimum Gasteiger partial charge on any atom is -0.483 e. The van der Waals surface area contributed by atoms with Crippen molar-refractivity contribution in [1.82, 2.24) is 5.32 Å². The fourth-order valence-electron chi connectivity index (χ4n) is 2.48. The molecule has 28 heavy (non-hydrogen) atoms. The third-order valence-corrected chi connectivity index (χ3v) is 5.72. The van der Waals surface area contributed by atoms with Gasteiger partial charge in [0.05, 0.1) is 9.38 Å². The topological polar surface area (TPSA) is 93.4 Å². The second kappa shape index (κ2) is 8.89. The summed E-state index contributed by atoms with van der Waals surface area (Å²) in [4.78, 5) is 23.7. The van der Waals surface area contributed by atoms with E-state index in [2.05, 4.69) is 26.6 Å². The first-order valence-electron chi connectivity index (χ1n) is 8.24. The molecular formula is C19H17BrClN3O3S. The van der Waals surface area contributed by atoms with E-state index in [1.807, 2.05) is 25.1 Å². The summed E-state index contributed by atoms with van der Waals surface area (Å²) in [7, 11) is 0. The van der Waals surface area contributed by atoms with Crippen LogP contribution in [-0.4, -0.2) is 23.9 Å². The van der Waals surface area contributed by atoms with Crippen LogP contribution >= 0.6 is 39.3 Å². The maximum atomic E-state index is 12.3. The fourth-order valence-corrected chi connectivity index (χ4v) is 4.14. The van der Waals surface area contributed by atoms with Crippen LogP contribution in [0.4, 0.5) is 5.69 Å². The van der Waals surface area contributed by atoms with Gasteiger partial charge in [-0.05, 0) is 64.3 Å². The molecule has 3 rings (SSSR count). The number of ether oxygens (including phenoxy) is 1. The van der Waals surface area contributed by atoms with E-state index in [0.29, 0.717) is 20.2 Å². The summed E-state index contributed by atoms with van der Waals surface area (Å²) in [5.41, 5.74) is 7.50. The average molecular weight is 483 g/mol. The maximum absolute atomic E-state index is 12.3. The number of nitrogens with one attached hydrogen (secondary N) is 2. The van der Waals surface area contributed by atoms with Crippen LogP contribution in [0.15, 0.2) is 45.8 Å². The van der Waals surface area contributed by atoms with E-state index >= 15 is 0 Å². The average Bonchev–Trinajstić information content (AvgIpc) is 2.96. The van der Waals surface area contributed by atoms with Crippen LogP contribution in [0.5, 0.6) is 5.75 Å². The molecule has 1 heterocycles. The maximum Gasteiger partial charge on any atom is 0.260 e. The number of benzene rings is 2. The molecule has 9 heteroatoms. The number of carbonyl (C=O) groups excluding carboxylic acids is 2. The first kappa shape index (κ1) is 20.6. The molecule has 2 amide bonds. The standard InChI is InChI=1S/C19H17BrClN3O3S/c1-10-2-4-12(21)8-14(10)23-19-24-18(26)16(28-19)7-11-3-5-15(13(20)6-11)27-9-17(22)25/h2-8,19,23H,9H2,1H3,(H2,22,25)(H,24,26)/b16-7-. The van der Waals surface area contributed by atoms with Gasteiger partial charge in [-0.1, -0.05) is 35.5 Å². The molecular weight excluding hydrogens is 466 g/mol. The van der Waals surface area contributed by atoms with Crippen LogP contribution in [0.3, 0.4) is 0 Å². The monoisotopic (exact) mass is 481 g/mol. The molecule has 0 bridgehead atoms. The second-order valence-electron chi connectivity index (χ2n) is 6.03. The molecule has 6 nitrogen and oxygen atoms in total. The lowest BCUT2D eigenvalue weighted by Gasteiger charge is -2.15. The number of nitrogens with two attached hydrogens (primary N) is 1. The predicted molar refractivity (Wildman–Crippen MR) is 116 cm³/mol. The van der Waals surface area contributed by atoms with Crippen molar-refractivity contribution in [3.8, 4) is 5.75 Å². The van der Waals surface area contributed by atoms with Gasteiger partial charge in [-0.25, -0.2) is 0 Å². The zero-order valence-electron chi connectivity index (χ0n) is 14.8. The van der Waals surface area contributed by atoms with E-state index in [1.54, 1.807) is 24.3 Å². The van der Waals surface area contributed by atoms with Gasteiger partial charge in [-0.15, -0.1) is 0 Å². The van der Waals surface area contributed by atoms with Crippen LogP contribution in [-0.2, 0) is 9.59 Å². The van der Waals surface area contributed by atoms with Crippen LogP contribution < -0.4 is 21.1 Å². The number of rotatable bonds is 6. The summed E-state index contributed by atoms with van der Waals surface area (Å²) in [6.07, 6.45) is 1.79. The Balaban J connectivity index is 1.71. The molecule has 1 atom stereocenters. The van der Waals surface area contributed by atoms with Crippen LogP contribution in [0, 0.1) is 6.92 Å². The molecule has 1 saturated heterocycles. The summed E-state index contributed by atoms with van der Waals surface area (Å²) in [5, 5.41) is 6.80. The lowest BCUT2D eigenvalue weighted by Crippen LogP contribution is -2.31. The zero-order chi connectivity index (χ0) is 20.3. The molecule has 4 N–H and O–H groups in total. The Morgan fingerprint density at radius 2 is 2.18 bits per heavy atom. The molecule has 1 aliphatic heterocycles. The van der Waals surface area contributed by atoms with Crippen molar-refractivity contribution in [3.05, 3.63) is 61.9 Å². The van der Waals surface area contributed by atoms with Crippen molar-refractivity contribution in [2.45, 2.75) is 12.4 Å². The molecule has 0 aliphatic carbocycles. The highest BCUT2D eigenvalue weighted by atomic mass is 79.9. The number of aryl methyl sites for hydroxylation is 1. The number of hydrogen-bond acceptors (Lipinski definition) is 5. The first-order chi connectivity index (χ1) is 13.3. The first-order valence-corrected chi connectivity index (χ1v) is 10.3. The summed E-state index contributed by atoms with van der Waals surface area (Å²) >= 11 is 10.8. The van der Waals surface area contributed by atoms with Gasteiger partial charge in [0.25, 0.3) is 11.8 Å². The Morgan fingerprint density at radius 3 is 2.89 bits per heavy atom. The Morgan fingerprint density at radius 1 is 1.39 bits per heavy atom. The Kier molecular flexibility index (Phi) is 6.53. The van der Waals surface area contributed by atoms with Crippen molar-refractivity contribution >= 4 is 62.9 Å². The molecule has 1 aliphatic rings. The van der Waals surface area contributed by atoms with Gasteiger partial charge in [0.1, 0.15) is 5.75 Å². The van der Waals surface area contributed by atoms with E-state index in [9.17, 15) is 9.59 Å². The normalized spacial score (nSPS) is 17.5. The largest absolute Gasteiger partial charge is 0.483 e. The SMILES string of the molecule is Cc1ccc(Cl)cc1NC1NC(=O)/C(=C/c2ccc(OCC(N)=O)c(Br)c2)S1. The number of carbonyl (C=O) groups is 2. The smallest absolute Gasteiger partial charge is 0.260 e. The van der Waals surface area contributed by atoms with Crippen molar-refractivity contribution in [2.24, 2.45) is 5.73 Å². The molecule has 2 aromatic carbocycles. The van der Waals surface area contributed by atoms with E-state index in [4.69, 9.17) is 22.1 Å². The summed E-state index contributed by atoms with van der Waals surface area (Å²) in [5.74, 6) is -0.210. The van der Waals surface area contributed by atoms with Gasteiger partial charge in [0.2, 0.25) is 0 Å². The highest BCUT2D eigenvalue weighted by Gasteiger charge is 2.27. The fraction of sp³-hybridized carbons (Fsp3) is 0.158. The zero-order valence-corrected chi connectivity index (χ0v) is 18.0. The quantitative estimate of drug-likeness (QED) is 0.543. The van der Waals surface area contributed by atoms with Crippen molar-refractivity contribution in [3.63, 3.8) is 0 Å². The van der Waals surface area contributed by atoms with Crippen molar-refractivity contribution < 1.29 is 14.3 Å². The van der Waals surface area contributed by atoms with E-state index in [1.165, 1.54) is 11.8 Å². The molecule has 2 aromatic rings. The lowest BCUT2D eigenvalue weighted by atomic mass is 10.2. The predicted octanol–water partition coefficient (Wildman–Crippen LogP) is 3.87. The van der Waals surface area contributed by atoms with Crippen molar-refractivity contribution in [1.29, 1.82) is 0 Å². The summed E-state index contributed by atoms with van der Waals surface area (Å²) in [6.45, 7) is 1.77. The molecule has 0 aromatic heterocycles. The van der Waals surface area contributed by atoms with Gasteiger partial charge in [-0.2, -0.15) is 0 Å². The van der Waals surface area contributed by atoms with E-state index < -0.39 is 5.91 Å². The third-order valence-electron chi connectivity index (χ3n) is 3.84. The highest BCUT2D eigenvalue weighted by molar-refractivity contribution is 9.10. The minimum absolute atomic E-state index is 0.160. The number of anilines is 1. The van der Waals surface area contributed by atoms with Crippen LogP contribution in [0.1, 0.15) is 11.1 Å². The van der Waals surface area contributed by atoms with Crippen molar-refractivity contribution in [2.75, 3.05) is 11.9 Å². The molecule has 0 radical (unpaired) electrons. The number of amides is 2. The van der Waals surface area contributed by atoms with Gasteiger partial charge in [-0.3, -0.25) is 9.59 Å². The molecule has 1 unspecified atom stereocenters. The summed E-state index contributed by atoms with van der Waals surface area (Å²) in [6, 6.07) is 10.9. The number of primary amides is 1. The molecule has 0 saturated carbocycles. The third kappa shape index (κ3) is 5.21. The highest BCUT2D eigenvalue weighted by Crippen LogP contribution is 2.33. The minimum atomic E-state index is -0.550. The number of thioether (sulfide) groups is 1. The van der Waals surface area contributed by atoms with Gasteiger partial charge in [0, 0.05) is 10.7 Å². The van der Waals surface area contributed by atoms with Gasteiger partial charge in [0.15, 0.2) is 12.1 Å². The van der Waals surface area contributed by atoms with Gasteiger partial charge < -0.3 is 21.1 Å². The van der Waals surface area contributed by atoms with Gasteiger partial charge >= 0.3 is 0 Å². The lowest BCUT2D eigenvalue weighted by molar-refractivity contribution is -0.120. The molecule has 146 valence electrons. The van der Waals surface area contributed by atoms with Crippen LogP contribution in [0.2, 0.25) is 5.02 Å². The molecule has 0 spiro atoms. The Hall–Kier alpha value is -2.16. The van der Waals surface area contributed by atoms with E-state index in [-0.39, 0.29) is 18.0 Å². The Labute approximate surface area is 180 Å². The number of hydrogen-bond donors (Lipinski definition) is 3. The summed E-state index contributed by atoms with van der Waals surface area (Å²) < 4.78 is 5.96. The molecule has 1 fully saturated rings. The van der Waals surface area contributed by atoms with E-state index in [0.717, 1.165) is 16.8 Å². The Bertz CT molecular complexity index is 967.